The Morgan fingerprint density at radius 3 is 1.16 bits per heavy atom. The summed E-state index contributed by atoms with van der Waals surface area (Å²) in [6.07, 6.45) is 19.8. The van der Waals surface area contributed by atoms with Gasteiger partial charge in [0.15, 0.2) is 0 Å². The number of rotatable bonds is 6. The summed E-state index contributed by atoms with van der Waals surface area (Å²) in [6, 6.07) is 0. The first kappa shape index (κ1) is 15.4. The van der Waals surface area contributed by atoms with Crippen LogP contribution in [0.15, 0.2) is 0 Å². The van der Waals surface area contributed by atoms with Gasteiger partial charge in [0.25, 0.3) is 0 Å². The van der Waals surface area contributed by atoms with E-state index in [9.17, 15) is 0 Å². The molecule has 2 saturated carbocycles. The molecule has 0 radical (unpaired) electrons. The Morgan fingerprint density at radius 2 is 0.842 bits per heavy atom. The molecule has 0 heteroatoms. The van der Waals surface area contributed by atoms with Gasteiger partial charge in [-0.1, -0.05) is 90.9 Å². The molecule has 0 aliphatic heterocycles. The van der Waals surface area contributed by atoms with Gasteiger partial charge in [0.2, 0.25) is 0 Å². The lowest BCUT2D eigenvalue weighted by molar-refractivity contribution is 0.184. The van der Waals surface area contributed by atoms with Crippen LogP contribution in [0, 0.1) is 23.7 Å². The maximum Gasteiger partial charge on any atom is -0.0411 e. The molecule has 0 atom stereocenters. The summed E-state index contributed by atoms with van der Waals surface area (Å²) in [6.45, 7) is 4.70. The van der Waals surface area contributed by atoms with Gasteiger partial charge in [0, 0.05) is 0 Å². The molecule has 0 aromatic rings. The summed E-state index contributed by atoms with van der Waals surface area (Å²) in [5.74, 6) is 4.37. The normalized spacial score (nSPS) is 36.3. The summed E-state index contributed by atoms with van der Waals surface area (Å²) in [7, 11) is 0. The molecule has 0 amide bonds. The minimum atomic E-state index is 1.08. The summed E-state index contributed by atoms with van der Waals surface area (Å²) in [5.41, 5.74) is 0. The Morgan fingerprint density at radius 1 is 0.526 bits per heavy atom. The van der Waals surface area contributed by atoms with Crippen molar-refractivity contribution in [2.24, 2.45) is 23.7 Å². The third kappa shape index (κ3) is 5.12. The Labute approximate surface area is 121 Å². The van der Waals surface area contributed by atoms with Crippen molar-refractivity contribution in [2.45, 2.75) is 97.3 Å². The van der Waals surface area contributed by atoms with Crippen LogP contribution in [0.1, 0.15) is 97.3 Å². The maximum absolute atomic E-state index is 2.35. The van der Waals surface area contributed by atoms with E-state index < -0.39 is 0 Å². The van der Waals surface area contributed by atoms with Crippen molar-refractivity contribution in [1.29, 1.82) is 0 Å². The lowest BCUT2D eigenvalue weighted by Gasteiger charge is -2.34. The first-order valence-corrected chi connectivity index (χ1v) is 9.31. The third-order valence-corrected chi connectivity index (χ3v) is 5.99. The maximum atomic E-state index is 2.35. The zero-order valence-electron chi connectivity index (χ0n) is 13.5. The topological polar surface area (TPSA) is 0 Å². The molecule has 0 saturated heterocycles. The first-order valence-electron chi connectivity index (χ1n) is 9.31. The quantitative estimate of drug-likeness (QED) is 0.507. The lowest BCUT2D eigenvalue weighted by atomic mass is 9.72. The van der Waals surface area contributed by atoms with Gasteiger partial charge < -0.3 is 0 Å². The molecule has 2 rings (SSSR count). The van der Waals surface area contributed by atoms with Gasteiger partial charge in [-0.05, 0) is 30.1 Å². The highest BCUT2D eigenvalue weighted by Crippen LogP contribution is 2.39. The highest BCUT2D eigenvalue weighted by Gasteiger charge is 2.26. The minimum Gasteiger partial charge on any atom is -0.0654 e. The molecule has 112 valence electrons. The molecule has 0 spiro atoms. The van der Waals surface area contributed by atoms with Gasteiger partial charge in [-0.15, -0.1) is 0 Å². The van der Waals surface area contributed by atoms with Crippen molar-refractivity contribution < 1.29 is 0 Å². The van der Waals surface area contributed by atoms with E-state index >= 15 is 0 Å². The molecule has 0 aromatic heterocycles. The zero-order chi connectivity index (χ0) is 13.5. The van der Waals surface area contributed by atoms with E-state index in [4.69, 9.17) is 0 Å². The van der Waals surface area contributed by atoms with Gasteiger partial charge >= 0.3 is 0 Å². The van der Waals surface area contributed by atoms with E-state index in [1.165, 1.54) is 25.7 Å². The lowest BCUT2D eigenvalue weighted by Crippen LogP contribution is -2.20. The van der Waals surface area contributed by atoms with Gasteiger partial charge in [0.1, 0.15) is 0 Å². The molecule has 0 bridgehead atoms. The molecule has 0 unspecified atom stereocenters. The van der Waals surface area contributed by atoms with E-state index in [2.05, 4.69) is 13.8 Å². The van der Waals surface area contributed by atoms with Crippen LogP contribution in [0.4, 0.5) is 0 Å². The fraction of sp³-hybridized carbons (Fsp3) is 1.00. The molecular formula is C19H36. The molecule has 0 nitrogen and oxygen atoms in total. The van der Waals surface area contributed by atoms with Crippen LogP contribution >= 0.6 is 0 Å². The van der Waals surface area contributed by atoms with Crippen LogP contribution in [0.2, 0.25) is 0 Å². The van der Waals surface area contributed by atoms with Crippen molar-refractivity contribution in [2.75, 3.05) is 0 Å². The Bertz CT molecular complexity index is 192. The molecule has 2 fully saturated rings. The summed E-state index contributed by atoms with van der Waals surface area (Å²) in [4.78, 5) is 0. The van der Waals surface area contributed by atoms with Crippen LogP contribution in [0.3, 0.4) is 0 Å². The molecule has 0 aromatic carbocycles. The van der Waals surface area contributed by atoms with E-state index in [-0.39, 0.29) is 0 Å². The van der Waals surface area contributed by atoms with Gasteiger partial charge in [-0.3, -0.25) is 0 Å². The van der Waals surface area contributed by atoms with E-state index in [0.29, 0.717) is 0 Å². The highest BCUT2D eigenvalue weighted by atomic mass is 14.3. The predicted octanol–water partition coefficient (Wildman–Crippen LogP) is 6.59. The average Bonchev–Trinajstić information content (AvgIpc) is 2.44. The minimum absolute atomic E-state index is 1.08. The van der Waals surface area contributed by atoms with Crippen LogP contribution in [-0.4, -0.2) is 0 Å². The van der Waals surface area contributed by atoms with Crippen LogP contribution in [0.25, 0.3) is 0 Å². The standard InChI is InChI=1S/C19H36/c1-3-5-16-7-11-18(12-8-16)15-19-13-9-17(6-4-2)10-14-19/h16-19H,3-15H2,1-2H3. The van der Waals surface area contributed by atoms with E-state index in [1.807, 2.05) is 0 Å². The Kier molecular flexibility index (Phi) is 6.74. The summed E-state index contributed by atoms with van der Waals surface area (Å²) >= 11 is 0. The van der Waals surface area contributed by atoms with Crippen molar-refractivity contribution in [3.63, 3.8) is 0 Å². The van der Waals surface area contributed by atoms with Crippen molar-refractivity contribution in [1.82, 2.24) is 0 Å². The highest BCUT2D eigenvalue weighted by molar-refractivity contribution is 4.78. The van der Waals surface area contributed by atoms with Gasteiger partial charge in [0.05, 0.1) is 0 Å². The predicted molar refractivity (Wildman–Crippen MR) is 85.3 cm³/mol. The summed E-state index contributed by atoms with van der Waals surface area (Å²) < 4.78 is 0. The SMILES string of the molecule is CCCC1CCC(CC2CCC(CCC)CC2)CC1. The molecule has 0 N–H and O–H groups in total. The van der Waals surface area contributed by atoms with Crippen molar-refractivity contribution >= 4 is 0 Å². The van der Waals surface area contributed by atoms with E-state index in [1.54, 1.807) is 57.8 Å². The fourth-order valence-corrected chi connectivity index (χ4v) is 4.80. The summed E-state index contributed by atoms with van der Waals surface area (Å²) in [5, 5.41) is 0. The van der Waals surface area contributed by atoms with Crippen molar-refractivity contribution in [3.05, 3.63) is 0 Å². The molecule has 2 aliphatic rings. The van der Waals surface area contributed by atoms with Gasteiger partial charge in [-0.2, -0.15) is 0 Å². The van der Waals surface area contributed by atoms with Crippen molar-refractivity contribution in [3.8, 4) is 0 Å². The first-order chi connectivity index (χ1) is 9.31. The molecule has 0 heterocycles. The molecular weight excluding hydrogens is 228 g/mol. The second kappa shape index (κ2) is 8.32. The second-order valence-corrected chi connectivity index (χ2v) is 7.59. The zero-order valence-corrected chi connectivity index (χ0v) is 13.5. The van der Waals surface area contributed by atoms with Crippen LogP contribution in [-0.2, 0) is 0 Å². The second-order valence-electron chi connectivity index (χ2n) is 7.59. The average molecular weight is 264 g/mol. The molecule has 19 heavy (non-hydrogen) atoms. The monoisotopic (exact) mass is 264 g/mol. The Hall–Kier alpha value is 0. The third-order valence-electron chi connectivity index (χ3n) is 5.99. The van der Waals surface area contributed by atoms with Gasteiger partial charge in [-0.25, -0.2) is 0 Å². The van der Waals surface area contributed by atoms with E-state index in [0.717, 1.165) is 23.7 Å². The number of hydrogen-bond donors (Lipinski definition) is 0. The van der Waals surface area contributed by atoms with Crippen LogP contribution < -0.4 is 0 Å². The smallest absolute Gasteiger partial charge is 0.0411 e. The number of hydrogen-bond acceptors (Lipinski definition) is 0. The van der Waals surface area contributed by atoms with Crippen LogP contribution in [0.5, 0.6) is 0 Å². The largest absolute Gasteiger partial charge is 0.0654 e. The Balaban J connectivity index is 1.61. The fourth-order valence-electron chi connectivity index (χ4n) is 4.80. The molecule has 2 aliphatic carbocycles.